The first kappa shape index (κ1) is 19.0. The van der Waals surface area contributed by atoms with Crippen molar-refractivity contribution in [2.75, 3.05) is 0 Å². The van der Waals surface area contributed by atoms with Crippen LogP contribution in [-0.4, -0.2) is 19.5 Å². The minimum absolute atomic E-state index is 0.114. The van der Waals surface area contributed by atoms with E-state index in [1.54, 1.807) is 35.6 Å². The maximum atomic E-state index is 12.2. The molecule has 0 saturated carbocycles. The van der Waals surface area contributed by atoms with Crippen LogP contribution < -0.4 is 0 Å². The Balaban J connectivity index is 2.21. The summed E-state index contributed by atoms with van der Waals surface area (Å²) in [6.45, 7) is 0. The van der Waals surface area contributed by atoms with Gasteiger partial charge in [-0.2, -0.15) is 11.3 Å². The fourth-order valence-electron chi connectivity index (χ4n) is 2.44. The predicted octanol–water partition coefficient (Wildman–Crippen LogP) is 5.33. The lowest BCUT2D eigenvalue weighted by molar-refractivity contribution is 0.0696. The highest BCUT2D eigenvalue weighted by Gasteiger charge is 2.23. The van der Waals surface area contributed by atoms with Gasteiger partial charge in [0, 0.05) is 26.9 Å². The lowest BCUT2D eigenvalue weighted by atomic mass is 10.0. The SMILES string of the molecule is O=C(O)c1cc(SCc2ccsc2)c(-c2ccccc2)c(S(=O)(=O)Cl)c1. The van der Waals surface area contributed by atoms with Gasteiger partial charge in [-0.25, -0.2) is 13.2 Å². The van der Waals surface area contributed by atoms with Gasteiger partial charge in [-0.15, -0.1) is 11.8 Å². The van der Waals surface area contributed by atoms with Gasteiger partial charge in [0.15, 0.2) is 0 Å². The van der Waals surface area contributed by atoms with Crippen molar-refractivity contribution in [3.05, 3.63) is 70.4 Å². The van der Waals surface area contributed by atoms with Crippen LogP contribution in [0.5, 0.6) is 0 Å². The standard InChI is InChI=1S/C18H13ClO4S3/c19-26(22,23)16-9-14(18(20)21)8-15(25-11-12-6-7-24-10-12)17(16)13-4-2-1-3-5-13/h1-10H,11H2,(H,20,21). The Hall–Kier alpha value is -1.80. The van der Waals surface area contributed by atoms with Crippen molar-refractivity contribution in [2.24, 2.45) is 0 Å². The molecule has 0 aliphatic rings. The minimum Gasteiger partial charge on any atom is -0.478 e. The largest absolute Gasteiger partial charge is 0.478 e. The molecule has 0 aliphatic carbocycles. The summed E-state index contributed by atoms with van der Waals surface area (Å²) in [6.07, 6.45) is 0. The zero-order valence-electron chi connectivity index (χ0n) is 13.3. The minimum atomic E-state index is -4.13. The predicted molar refractivity (Wildman–Crippen MR) is 106 cm³/mol. The van der Waals surface area contributed by atoms with Crippen molar-refractivity contribution in [3.8, 4) is 11.1 Å². The highest BCUT2D eigenvalue weighted by molar-refractivity contribution is 8.13. The molecule has 0 spiro atoms. The molecule has 0 fully saturated rings. The van der Waals surface area contributed by atoms with Gasteiger partial charge in [-0.3, -0.25) is 0 Å². The molecular weight excluding hydrogens is 412 g/mol. The van der Waals surface area contributed by atoms with E-state index < -0.39 is 15.0 Å². The highest BCUT2D eigenvalue weighted by Crippen LogP contribution is 2.40. The maximum absolute atomic E-state index is 12.2. The molecule has 0 saturated heterocycles. The van der Waals surface area contributed by atoms with Crippen molar-refractivity contribution >= 4 is 48.8 Å². The van der Waals surface area contributed by atoms with E-state index in [9.17, 15) is 18.3 Å². The second kappa shape index (κ2) is 7.84. The van der Waals surface area contributed by atoms with Gasteiger partial charge < -0.3 is 5.11 Å². The van der Waals surface area contributed by atoms with Crippen molar-refractivity contribution < 1.29 is 18.3 Å². The molecule has 0 aliphatic heterocycles. The quantitative estimate of drug-likeness (QED) is 0.427. The topological polar surface area (TPSA) is 71.4 Å². The molecule has 4 nitrogen and oxygen atoms in total. The van der Waals surface area contributed by atoms with Crippen LogP contribution in [0.1, 0.15) is 15.9 Å². The van der Waals surface area contributed by atoms with Crippen LogP contribution in [-0.2, 0) is 14.8 Å². The molecule has 134 valence electrons. The number of hydrogen-bond acceptors (Lipinski definition) is 5. The summed E-state index contributed by atoms with van der Waals surface area (Å²) in [7, 11) is 1.50. The van der Waals surface area contributed by atoms with E-state index in [0.717, 1.165) is 11.6 Å². The van der Waals surface area contributed by atoms with E-state index in [4.69, 9.17) is 10.7 Å². The molecule has 0 radical (unpaired) electrons. The van der Waals surface area contributed by atoms with Gasteiger partial charge >= 0.3 is 5.97 Å². The van der Waals surface area contributed by atoms with E-state index in [0.29, 0.717) is 21.8 Å². The van der Waals surface area contributed by atoms with Crippen LogP contribution in [0.25, 0.3) is 11.1 Å². The fraction of sp³-hybridized carbons (Fsp3) is 0.0556. The Kier molecular flexibility index (Phi) is 5.72. The van der Waals surface area contributed by atoms with Gasteiger partial charge in [-0.05, 0) is 40.1 Å². The van der Waals surface area contributed by atoms with Gasteiger partial charge in [0.1, 0.15) is 0 Å². The third-order valence-electron chi connectivity index (χ3n) is 3.61. The van der Waals surface area contributed by atoms with Crippen LogP contribution in [0, 0.1) is 0 Å². The average molecular weight is 425 g/mol. The molecule has 2 aromatic carbocycles. The summed E-state index contributed by atoms with van der Waals surface area (Å²) >= 11 is 2.95. The van der Waals surface area contributed by atoms with Crippen LogP contribution in [0.4, 0.5) is 0 Å². The van der Waals surface area contributed by atoms with Crippen LogP contribution in [0.3, 0.4) is 0 Å². The van der Waals surface area contributed by atoms with Crippen LogP contribution in [0.2, 0.25) is 0 Å². The first-order valence-electron chi connectivity index (χ1n) is 7.41. The second-order valence-electron chi connectivity index (χ2n) is 5.38. The van der Waals surface area contributed by atoms with Crippen molar-refractivity contribution in [2.45, 2.75) is 15.5 Å². The number of thioether (sulfide) groups is 1. The zero-order chi connectivity index (χ0) is 18.7. The lowest BCUT2D eigenvalue weighted by Gasteiger charge is -2.14. The molecule has 1 heterocycles. The molecule has 26 heavy (non-hydrogen) atoms. The van der Waals surface area contributed by atoms with E-state index in [1.807, 2.05) is 22.9 Å². The fourth-order valence-corrected chi connectivity index (χ4v) is 5.47. The number of thiophene rings is 1. The number of hydrogen-bond donors (Lipinski definition) is 1. The number of benzene rings is 2. The number of carboxylic acids is 1. The van der Waals surface area contributed by atoms with Crippen molar-refractivity contribution in [1.29, 1.82) is 0 Å². The second-order valence-corrected chi connectivity index (χ2v) is 9.71. The number of rotatable bonds is 6. The molecule has 3 aromatic rings. The molecule has 0 unspecified atom stereocenters. The number of aromatic carboxylic acids is 1. The Morgan fingerprint density at radius 2 is 1.88 bits per heavy atom. The molecule has 0 atom stereocenters. The smallest absolute Gasteiger partial charge is 0.335 e. The molecule has 0 bridgehead atoms. The summed E-state index contributed by atoms with van der Waals surface area (Å²) in [4.78, 5) is 11.8. The average Bonchev–Trinajstić information content (AvgIpc) is 3.12. The van der Waals surface area contributed by atoms with E-state index in [1.165, 1.54) is 17.8 Å². The van der Waals surface area contributed by atoms with Crippen LogP contribution in [0.15, 0.2) is 69.1 Å². The summed E-state index contributed by atoms with van der Waals surface area (Å²) in [5, 5.41) is 13.3. The first-order valence-corrected chi connectivity index (χ1v) is 11.7. The Morgan fingerprint density at radius 1 is 1.15 bits per heavy atom. The van der Waals surface area contributed by atoms with Gasteiger partial charge in [0.2, 0.25) is 0 Å². The summed E-state index contributed by atoms with van der Waals surface area (Å²) in [5.41, 5.74) is 2.05. The highest BCUT2D eigenvalue weighted by atomic mass is 35.7. The Morgan fingerprint density at radius 3 is 2.46 bits per heavy atom. The molecule has 0 amide bonds. The Labute approximate surface area is 163 Å². The normalized spacial score (nSPS) is 11.4. The van der Waals surface area contributed by atoms with E-state index >= 15 is 0 Å². The molecule has 1 N–H and O–H groups in total. The third kappa shape index (κ3) is 4.29. The van der Waals surface area contributed by atoms with Crippen LogP contribution >= 0.6 is 33.8 Å². The molecule has 1 aromatic heterocycles. The third-order valence-corrected chi connectivity index (χ3v) is 6.80. The van der Waals surface area contributed by atoms with Gasteiger partial charge in [-0.1, -0.05) is 30.3 Å². The number of carbonyl (C=O) groups is 1. The maximum Gasteiger partial charge on any atom is 0.335 e. The van der Waals surface area contributed by atoms with Gasteiger partial charge in [0.05, 0.1) is 10.5 Å². The van der Waals surface area contributed by atoms with E-state index in [-0.39, 0.29) is 10.5 Å². The summed E-state index contributed by atoms with van der Waals surface area (Å²) in [5.74, 6) is -0.614. The molecular formula is C18H13ClO4S3. The zero-order valence-corrected chi connectivity index (χ0v) is 16.5. The Bertz CT molecular complexity index is 1030. The first-order chi connectivity index (χ1) is 12.4. The monoisotopic (exact) mass is 424 g/mol. The van der Waals surface area contributed by atoms with Gasteiger partial charge in [0.25, 0.3) is 9.05 Å². The molecule has 8 heteroatoms. The summed E-state index contributed by atoms with van der Waals surface area (Å²) < 4.78 is 24.3. The molecule has 3 rings (SSSR count). The van der Waals surface area contributed by atoms with E-state index in [2.05, 4.69) is 0 Å². The number of halogens is 1. The lowest BCUT2D eigenvalue weighted by Crippen LogP contribution is -2.03. The summed E-state index contributed by atoms with van der Waals surface area (Å²) in [6, 6.07) is 13.5. The van der Waals surface area contributed by atoms with Crippen molar-refractivity contribution in [3.63, 3.8) is 0 Å². The number of carboxylic acid groups (broad SMARTS) is 1. The van der Waals surface area contributed by atoms with Crippen molar-refractivity contribution in [1.82, 2.24) is 0 Å².